The molecule has 0 saturated heterocycles. The predicted molar refractivity (Wildman–Crippen MR) is 112 cm³/mol. The molecule has 1 heterocycles. The van der Waals surface area contributed by atoms with Crippen molar-refractivity contribution in [2.45, 2.75) is 33.1 Å². The summed E-state index contributed by atoms with van der Waals surface area (Å²) in [5.74, 6) is 1.31. The van der Waals surface area contributed by atoms with Crippen LogP contribution >= 0.6 is 12.2 Å². The third-order valence-corrected chi connectivity index (χ3v) is 4.85. The lowest BCUT2D eigenvalue weighted by Gasteiger charge is -2.19. The highest BCUT2D eigenvalue weighted by Crippen LogP contribution is 2.26. The molecule has 0 aliphatic carbocycles. The predicted octanol–water partition coefficient (Wildman–Crippen LogP) is 5.57. The summed E-state index contributed by atoms with van der Waals surface area (Å²) in [4.78, 5) is 2.26. The van der Waals surface area contributed by atoms with E-state index in [1.165, 1.54) is 11.3 Å². The quantitative estimate of drug-likeness (QED) is 0.580. The molecule has 1 aromatic heterocycles. The number of H-pyrrole nitrogens is 1. The van der Waals surface area contributed by atoms with Crippen molar-refractivity contribution in [1.82, 2.24) is 14.8 Å². The third-order valence-electron chi connectivity index (χ3n) is 4.57. The van der Waals surface area contributed by atoms with Crippen LogP contribution in [-0.2, 0) is 0 Å². The molecular weight excluding hydrogens is 340 g/mol. The Kier molecular flexibility index (Phi) is 5.57. The van der Waals surface area contributed by atoms with Crippen LogP contribution in [0.15, 0.2) is 48.5 Å². The summed E-state index contributed by atoms with van der Waals surface area (Å²) in [5, 5.41) is 7.46. The molecule has 0 amide bonds. The van der Waals surface area contributed by atoms with Gasteiger partial charge in [0.1, 0.15) is 0 Å². The molecule has 3 aromatic rings. The molecule has 0 atom stereocenters. The van der Waals surface area contributed by atoms with Gasteiger partial charge in [0.05, 0.1) is 5.69 Å². The van der Waals surface area contributed by atoms with Gasteiger partial charge in [0.15, 0.2) is 10.6 Å². The van der Waals surface area contributed by atoms with Crippen LogP contribution in [0.2, 0.25) is 0 Å². The number of rotatable bonds is 6. The Morgan fingerprint density at radius 1 is 1.15 bits per heavy atom. The molecule has 26 heavy (non-hydrogen) atoms. The molecule has 0 spiro atoms. The smallest absolute Gasteiger partial charge is 0.200 e. The van der Waals surface area contributed by atoms with Crippen LogP contribution in [0, 0.1) is 4.77 Å². The fourth-order valence-corrected chi connectivity index (χ4v) is 3.34. The van der Waals surface area contributed by atoms with Gasteiger partial charge in [0.25, 0.3) is 0 Å². The van der Waals surface area contributed by atoms with Gasteiger partial charge in [0.2, 0.25) is 0 Å². The van der Waals surface area contributed by atoms with E-state index >= 15 is 0 Å². The van der Waals surface area contributed by atoms with Crippen LogP contribution in [-0.4, -0.2) is 28.4 Å². The molecule has 2 aromatic carbocycles. The van der Waals surface area contributed by atoms with E-state index in [1.807, 2.05) is 4.57 Å². The number of aromatic nitrogens is 3. The van der Waals surface area contributed by atoms with Crippen LogP contribution in [0.5, 0.6) is 0 Å². The van der Waals surface area contributed by atoms with E-state index in [1.54, 1.807) is 0 Å². The van der Waals surface area contributed by atoms with Gasteiger partial charge in [-0.1, -0.05) is 45.0 Å². The van der Waals surface area contributed by atoms with E-state index in [0.717, 1.165) is 30.0 Å². The Balaban J connectivity index is 2.08. The van der Waals surface area contributed by atoms with Gasteiger partial charge >= 0.3 is 0 Å². The maximum Gasteiger partial charge on any atom is 0.200 e. The van der Waals surface area contributed by atoms with Crippen molar-refractivity contribution in [2.24, 2.45) is 0 Å². The molecule has 0 aliphatic heterocycles. The fraction of sp³-hybridized carbons (Fsp3) is 0.333. The zero-order valence-electron chi connectivity index (χ0n) is 15.9. The number of aromatic amines is 1. The monoisotopic (exact) mass is 366 g/mol. The van der Waals surface area contributed by atoms with Gasteiger partial charge in [-0.25, -0.2) is 0 Å². The molecule has 3 rings (SSSR count). The van der Waals surface area contributed by atoms with E-state index in [0.29, 0.717) is 10.7 Å². The molecule has 4 nitrogen and oxygen atoms in total. The van der Waals surface area contributed by atoms with Crippen molar-refractivity contribution in [2.75, 3.05) is 18.5 Å². The topological polar surface area (TPSA) is 36.9 Å². The molecule has 136 valence electrons. The lowest BCUT2D eigenvalue weighted by molar-refractivity contribution is 0.851. The molecule has 0 fully saturated rings. The second kappa shape index (κ2) is 7.87. The molecule has 0 unspecified atom stereocenters. The van der Waals surface area contributed by atoms with Gasteiger partial charge in [-0.15, -0.1) is 0 Å². The molecule has 1 N–H and O–H groups in total. The maximum atomic E-state index is 5.53. The second-order valence-electron chi connectivity index (χ2n) is 6.91. The molecular formula is C21H26N4S. The number of nitrogens with zero attached hydrogens (tertiary/aromatic N) is 3. The van der Waals surface area contributed by atoms with Gasteiger partial charge in [-0.05, 0) is 54.4 Å². The largest absolute Gasteiger partial charge is 0.375 e. The normalized spacial score (nSPS) is 11.1. The number of nitrogens with one attached hydrogen (secondary N) is 1. The Morgan fingerprint density at radius 3 is 2.65 bits per heavy atom. The van der Waals surface area contributed by atoms with E-state index in [-0.39, 0.29) is 0 Å². The number of benzene rings is 2. The van der Waals surface area contributed by atoms with Gasteiger partial charge in [-0.3, -0.25) is 9.67 Å². The van der Waals surface area contributed by atoms with Gasteiger partial charge in [0, 0.05) is 24.8 Å². The standard InChI is InChI=1S/C21H26N4S/c1-5-12-24(4)18-10-7-11-19(14-18)25-20(22-23-21(25)26)17-9-6-8-16(13-17)15(2)3/h6-11,13-15H,5,12H2,1-4H3,(H,23,26). The highest BCUT2D eigenvalue weighted by Gasteiger charge is 2.13. The average molecular weight is 367 g/mol. The van der Waals surface area contributed by atoms with Crippen LogP contribution in [0.1, 0.15) is 38.7 Å². The van der Waals surface area contributed by atoms with E-state index in [2.05, 4.69) is 91.4 Å². The van der Waals surface area contributed by atoms with Crippen molar-refractivity contribution in [3.05, 3.63) is 58.9 Å². The first kappa shape index (κ1) is 18.4. The minimum atomic E-state index is 0.469. The summed E-state index contributed by atoms with van der Waals surface area (Å²) >= 11 is 5.53. The summed E-state index contributed by atoms with van der Waals surface area (Å²) in [6, 6.07) is 16.9. The Labute approximate surface area is 160 Å². The van der Waals surface area contributed by atoms with Crippen LogP contribution in [0.3, 0.4) is 0 Å². The van der Waals surface area contributed by atoms with Crippen LogP contribution in [0.25, 0.3) is 17.1 Å². The molecule has 0 aliphatic rings. The molecule has 0 radical (unpaired) electrons. The van der Waals surface area contributed by atoms with Crippen molar-refractivity contribution in [3.63, 3.8) is 0 Å². The summed E-state index contributed by atoms with van der Waals surface area (Å²) in [5.41, 5.74) is 4.55. The fourth-order valence-electron chi connectivity index (χ4n) is 3.10. The maximum absolute atomic E-state index is 5.53. The highest BCUT2D eigenvalue weighted by molar-refractivity contribution is 7.71. The van der Waals surface area contributed by atoms with E-state index < -0.39 is 0 Å². The minimum Gasteiger partial charge on any atom is -0.375 e. The third kappa shape index (κ3) is 3.73. The van der Waals surface area contributed by atoms with Crippen molar-refractivity contribution in [3.8, 4) is 17.1 Å². The summed E-state index contributed by atoms with van der Waals surface area (Å²) in [7, 11) is 2.12. The number of hydrogen-bond donors (Lipinski definition) is 1. The highest BCUT2D eigenvalue weighted by atomic mass is 32.1. The zero-order valence-corrected chi connectivity index (χ0v) is 16.7. The van der Waals surface area contributed by atoms with E-state index in [4.69, 9.17) is 12.2 Å². The van der Waals surface area contributed by atoms with Crippen LogP contribution < -0.4 is 4.90 Å². The van der Waals surface area contributed by atoms with Gasteiger partial charge < -0.3 is 4.90 Å². The summed E-state index contributed by atoms with van der Waals surface area (Å²) < 4.78 is 2.61. The minimum absolute atomic E-state index is 0.469. The zero-order chi connectivity index (χ0) is 18.7. The number of hydrogen-bond acceptors (Lipinski definition) is 3. The van der Waals surface area contributed by atoms with Crippen molar-refractivity contribution < 1.29 is 0 Å². The molecule has 5 heteroatoms. The van der Waals surface area contributed by atoms with Crippen LogP contribution in [0.4, 0.5) is 5.69 Å². The van der Waals surface area contributed by atoms with Crippen molar-refractivity contribution >= 4 is 17.9 Å². The second-order valence-corrected chi connectivity index (χ2v) is 7.30. The SMILES string of the molecule is CCCN(C)c1cccc(-n2c(-c3cccc(C(C)C)c3)n[nH]c2=S)c1. The number of anilines is 1. The molecule has 0 bridgehead atoms. The van der Waals surface area contributed by atoms with Crippen molar-refractivity contribution in [1.29, 1.82) is 0 Å². The lowest BCUT2D eigenvalue weighted by Crippen LogP contribution is -2.17. The first-order valence-electron chi connectivity index (χ1n) is 9.10. The lowest BCUT2D eigenvalue weighted by atomic mass is 10.0. The summed E-state index contributed by atoms with van der Waals surface area (Å²) in [6.45, 7) is 7.60. The Hall–Kier alpha value is -2.40. The average Bonchev–Trinajstić information content (AvgIpc) is 3.03. The molecule has 0 saturated carbocycles. The van der Waals surface area contributed by atoms with Gasteiger partial charge in [-0.2, -0.15) is 5.10 Å². The first-order chi connectivity index (χ1) is 12.5. The Bertz CT molecular complexity index is 939. The van der Waals surface area contributed by atoms with E-state index in [9.17, 15) is 0 Å². The Morgan fingerprint density at radius 2 is 1.92 bits per heavy atom. The summed E-state index contributed by atoms with van der Waals surface area (Å²) in [6.07, 6.45) is 1.11. The first-order valence-corrected chi connectivity index (χ1v) is 9.51.